The third kappa shape index (κ3) is 4.11. The fraction of sp³-hybridized carbons (Fsp3) is 0.316. The predicted octanol–water partition coefficient (Wildman–Crippen LogP) is 2.88. The first kappa shape index (κ1) is 17.0. The van der Waals surface area contributed by atoms with Crippen LogP contribution in [0.4, 0.5) is 0 Å². The first-order chi connectivity index (χ1) is 10.9. The highest BCUT2D eigenvalue weighted by Crippen LogP contribution is 2.22. The minimum Gasteiger partial charge on any atom is -0.494 e. The second-order valence-corrected chi connectivity index (χ2v) is 5.80. The highest BCUT2D eigenvalue weighted by atomic mass is 16.5. The van der Waals surface area contributed by atoms with Crippen LogP contribution in [0.25, 0.3) is 0 Å². The van der Waals surface area contributed by atoms with Crippen LogP contribution in [0.1, 0.15) is 30.5 Å². The lowest BCUT2D eigenvalue weighted by molar-refractivity contribution is -0.126. The summed E-state index contributed by atoms with van der Waals surface area (Å²) in [5.74, 6) is 0.581. The Kier molecular flexibility index (Phi) is 5.40. The van der Waals surface area contributed by atoms with Crippen molar-refractivity contribution in [3.8, 4) is 5.75 Å². The van der Waals surface area contributed by atoms with E-state index in [-0.39, 0.29) is 5.91 Å². The third-order valence-corrected chi connectivity index (χ3v) is 3.81. The van der Waals surface area contributed by atoms with E-state index in [9.17, 15) is 4.79 Å². The van der Waals surface area contributed by atoms with E-state index >= 15 is 0 Å². The number of ether oxygens (including phenoxy) is 1. The molecule has 0 aliphatic heterocycles. The molecular formula is C19H24N2O2. The topological polar surface area (TPSA) is 64.3 Å². The summed E-state index contributed by atoms with van der Waals surface area (Å²) in [5.41, 5.74) is 8.00. The Morgan fingerprint density at radius 2 is 1.91 bits per heavy atom. The van der Waals surface area contributed by atoms with Crippen LogP contribution in [0.3, 0.4) is 0 Å². The van der Waals surface area contributed by atoms with E-state index < -0.39 is 5.54 Å². The Labute approximate surface area is 137 Å². The van der Waals surface area contributed by atoms with Gasteiger partial charge in [0.15, 0.2) is 0 Å². The maximum absolute atomic E-state index is 12.5. The maximum atomic E-state index is 12.5. The van der Waals surface area contributed by atoms with E-state index in [0.29, 0.717) is 13.2 Å². The molecule has 4 nitrogen and oxygen atoms in total. The van der Waals surface area contributed by atoms with Crippen LogP contribution in [0.2, 0.25) is 0 Å². The summed E-state index contributed by atoms with van der Waals surface area (Å²) in [7, 11) is 0. The molecule has 0 aliphatic carbocycles. The second kappa shape index (κ2) is 7.29. The number of rotatable bonds is 6. The number of aryl methyl sites for hydroxylation is 1. The van der Waals surface area contributed by atoms with Gasteiger partial charge >= 0.3 is 0 Å². The monoisotopic (exact) mass is 312 g/mol. The summed E-state index contributed by atoms with van der Waals surface area (Å²) in [6, 6.07) is 15.3. The molecule has 0 aromatic heterocycles. The molecule has 0 saturated heterocycles. The van der Waals surface area contributed by atoms with Crippen LogP contribution >= 0.6 is 0 Å². The molecule has 0 aliphatic rings. The van der Waals surface area contributed by atoms with Crippen molar-refractivity contribution in [3.05, 3.63) is 65.2 Å². The SMILES string of the molecule is CCOc1cc(C)ccc1CNC(=O)C(C)(N)c1ccccc1. The van der Waals surface area contributed by atoms with Crippen LogP contribution in [0, 0.1) is 6.92 Å². The fourth-order valence-electron chi connectivity index (χ4n) is 2.37. The first-order valence-corrected chi connectivity index (χ1v) is 7.80. The van der Waals surface area contributed by atoms with Crippen molar-refractivity contribution in [2.45, 2.75) is 32.9 Å². The van der Waals surface area contributed by atoms with Gasteiger partial charge in [-0.2, -0.15) is 0 Å². The lowest BCUT2D eigenvalue weighted by Gasteiger charge is -2.24. The number of nitrogens with one attached hydrogen (secondary N) is 1. The molecular weight excluding hydrogens is 288 g/mol. The summed E-state index contributed by atoms with van der Waals surface area (Å²) >= 11 is 0. The summed E-state index contributed by atoms with van der Waals surface area (Å²) in [6.07, 6.45) is 0. The van der Waals surface area contributed by atoms with Crippen molar-refractivity contribution in [2.75, 3.05) is 6.61 Å². The van der Waals surface area contributed by atoms with Crippen molar-refractivity contribution in [3.63, 3.8) is 0 Å². The summed E-state index contributed by atoms with van der Waals surface area (Å²) in [5, 5.41) is 2.91. The van der Waals surface area contributed by atoms with Gasteiger partial charge in [0.25, 0.3) is 0 Å². The van der Waals surface area contributed by atoms with Gasteiger partial charge in [0.05, 0.1) is 6.61 Å². The quantitative estimate of drug-likeness (QED) is 0.862. The van der Waals surface area contributed by atoms with Gasteiger partial charge in [0, 0.05) is 12.1 Å². The van der Waals surface area contributed by atoms with Gasteiger partial charge in [-0.1, -0.05) is 42.5 Å². The molecule has 0 spiro atoms. The van der Waals surface area contributed by atoms with E-state index in [4.69, 9.17) is 10.5 Å². The number of carbonyl (C=O) groups excluding carboxylic acids is 1. The number of amides is 1. The molecule has 2 aromatic carbocycles. The Hall–Kier alpha value is -2.33. The van der Waals surface area contributed by atoms with Gasteiger partial charge in [0.2, 0.25) is 5.91 Å². The van der Waals surface area contributed by atoms with Crippen LogP contribution in [0.5, 0.6) is 5.75 Å². The Balaban J connectivity index is 2.10. The predicted molar refractivity (Wildman–Crippen MR) is 92.2 cm³/mol. The number of hydrogen-bond donors (Lipinski definition) is 2. The van der Waals surface area contributed by atoms with Crippen molar-refractivity contribution in [2.24, 2.45) is 5.73 Å². The zero-order valence-electron chi connectivity index (χ0n) is 13.9. The van der Waals surface area contributed by atoms with Crippen molar-refractivity contribution in [1.82, 2.24) is 5.32 Å². The third-order valence-electron chi connectivity index (χ3n) is 3.81. The number of nitrogens with two attached hydrogens (primary N) is 1. The van der Waals surface area contributed by atoms with Crippen LogP contribution in [-0.2, 0) is 16.9 Å². The summed E-state index contributed by atoms with van der Waals surface area (Å²) < 4.78 is 5.64. The first-order valence-electron chi connectivity index (χ1n) is 7.80. The largest absolute Gasteiger partial charge is 0.494 e. The van der Waals surface area contributed by atoms with E-state index in [1.54, 1.807) is 6.92 Å². The minimum absolute atomic E-state index is 0.216. The molecule has 0 radical (unpaired) electrons. The van der Waals surface area contributed by atoms with Crippen molar-refractivity contribution < 1.29 is 9.53 Å². The van der Waals surface area contributed by atoms with Gasteiger partial charge in [-0.25, -0.2) is 0 Å². The maximum Gasteiger partial charge on any atom is 0.244 e. The van der Waals surface area contributed by atoms with Gasteiger partial charge in [-0.3, -0.25) is 4.79 Å². The van der Waals surface area contributed by atoms with E-state index in [1.165, 1.54) is 0 Å². The van der Waals surface area contributed by atoms with Gasteiger partial charge in [0.1, 0.15) is 11.3 Å². The standard InChI is InChI=1S/C19H24N2O2/c1-4-23-17-12-14(2)10-11-15(17)13-21-18(22)19(3,20)16-8-6-5-7-9-16/h5-12H,4,13,20H2,1-3H3,(H,21,22). The molecule has 3 N–H and O–H groups in total. The Bertz CT molecular complexity index is 666. The lowest BCUT2D eigenvalue weighted by atomic mass is 9.92. The highest BCUT2D eigenvalue weighted by Gasteiger charge is 2.30. The summed E-state index contributed by atoms with van der Waals surface area (Å²) in [4.78, 5) is 12.5. The molecule has 0 heterocycles. The van der Waals surface area contributed by atoms with E-state index in [0.717, 1.165) is 22.4 Å². The molecule has 23 heavy (non-hydrogen) atoms. The average molecular weight is 312 g/mol. The number of benzene rings is 2. The molecule has 1 amide bonds. The van der Waals surface area contributed by atoms with Crippen LogP contribution in [0.15, 0.2) is 48.5 Å². The molecule has 1 atom stereocenters. The molecule has 0 saturated carbocycles. The molecule has 2 aromatic rings. The zero-order chi connectivity index (χ0) is 16.9. The molecule has 0 bridgehead atoms. The average Bonchev–Trinajstić information content (AvgIpc) is 2.55. The normalized spacial score (nSPS) is 13.2. The summed E-state index contributed by atoms with van der Waals surface area (Å²) in [6.45, 7) is 6.64. The van der Waals surface area contributed by atoms with Crippen molar-refractivity contribution in [1.29, 1.82) is 0 Å². The van der Waals surface area contributed by atoms with E-state index in [2.05, 4.69) is 5.32 Å². The van der Waals surface area contributed by atoms with Gasteiger partial charge < -0.3 is 15.8 Å². The number of carbonyl (C=O) groups is 1. The molecule has 2 rings (SSSR count). The number of hydrogen-bond acceptors (Lipinski definition) is 3. The minimum atomic E-state index is -1.07. The zero-order valence-corrected chi connectivity index (χ0v) is 13.9. The van der Waals surface area contributed by atoms with Crippen molar-refractivity contribution >= 4 is 5.91 Å². The Morgan fingerprint density at radius 1 is 1.22 bits per heavy atom. The highest BCUT2D eigenvalue weighted by molar-refractivity contribution is 5.87. The van der Waals surface area contributed by atoms with Crippen LogP contribution in [-0.4, -0.2) is 12.5 Å². The lowest BCUT2D eigenvalue weighted by Crippen LogP contribution is -2.48. The molecule has 1 unspecified atom stereocenters. The van der Waals surface area contributed by atoms with Crippen LogP contribution < -0.4 is 15.8 Å². The molecule has 4 heteroatoms. The van der Waals surface area contributed by atoms with Gasteiger partial charge in [-0.15, -0.1) is 0 Å². The molecule has 122 valence electrons. The van der Waals surface area contributed by atoms with E-state index in [1.807, 2.05) is 62.4 Å². The smallest absolute Gasteiger partial charge is 0.244 e. The Morgan fingerprint density at radius 3 is 2.57 bits per heavy atom. The van der Waals surface area contributed by atoms with Gasteiger partial charge in [-0.05, 0) is 38.0 Å². The second-order valence-electron chi connectivity index (χ2n) is 5.80. The fourth-order valence-corrected chi connectivity index (χ4v) is 2.37. The molecule has 0 fully saturated rings.